The minimum Gasteiger partial charge on any atom is -0.326 e. The Hall–Kier alpha value is -2.71. The molecule has 0 aromatic heterocycles. The lowest BCUT2D eigenvalue weighted by atomic mass is 10.2. The summed E-state index contributed by atoms with van der Waals surface area (Å²) in [7, 11) is -3.85. The van der Waals surface area contributed by atoms with Crippen molar-refractivity contribution in [3.05, 3.63) is 54.1 Å². The monoisotopic (exact) mass is 403 g/mol. The molecule has 7 nitrogen and oxygen atoms in total. The third-order valence-corrected chi connectivity index (χ3v) is 5.88. The van der Waals surface area contributed by atoms with Crippen LogP contribution in [-0.4, -0.2) is 37.6 Å². The Balaban J connectivity index is 2.17. The van der Waals surface area contributed by atoms with Crippen LogP contribution >= 0.6 is 0 Å². The third-order valence-electron chi connectivity index (χ3n) is 4.02. The van der Waals surface area contributed by atoms with Crippen molar-refractivity contribution in [2.75, 3.05) is 23.7 Å². The summed E-state index contributed by atoms with van der Waals surface area (Å²) in [6.45, 7) is 5.03. The van der Waals surface area contributed by atoms with Gasteiger partial charge in [0.25, 0.3) is 0 Å². The average Bonchev–Trinajstić information content (AvgIpc) is 2.63. The number of para-hydroxylation sites is 1. The van der Waals surface area contributed by atoms with Gasteiger partial charge in [-0.15, -0.1) is 0 Å². The van der Waals surface area contributed by atoms with Crippen LogP contribution in [0, 0.1) is 6.92 Å². The molecule has 0 aliphatic rings. The number of anilines is 2. The largest absolute Gasteiger partial charge is 0.326 e. The molecule has 0 saturated heterocycles. The molecule has 0 fully saturated rings. The van der Waals surface area contributed by atoms with Gasteiger partial charge in [0, 0.05) is 24.8 Å². The molecule has 0 saturated carbocycles. The van der Waals surface area contributed by atoms with Crippen LogP contribution in [0.25, 0.3) is 0 Å². The summed E-state index contributed by atoms with van der Waals surface area (Å²) in [5, 5.41) is 5.35. The smallest absolute Gasteiger partial charge is 0.243 e. The highest BCUT2D eigenvalue weighted by atomic mass is 32.2. The van der Waals surface area contributed by atoms with Crippen LogP contribution in [0.1, 0.15) is 25.8 Å². The number of nitrogens with zero attached hydrogens (tertiary/aromatic N) is 1. The molecule has 0 atom stereocenters. The van der Waals surface area contributed by atoms with E-state index in [9.17, 15) is 18.0 Å². The van der Waals surface area contributed by atoms with E-state index >= 15 is 0 Å². The maximum Gasteiger partial charge on any atom is 0.243 e. The van der Waals surface area contributed by atoms with Crippen LogP contribution in [0.5, 0.6) is 0 Å². The van der Waals surface area contributed by atoms with E-state index in [1.54, 1.807) is 12.1 Å². The molecule has 8 heteroatoms. The number of rotatable bonds is 8. The first-order chi connectivity index (χ1) is 13.2. The summed E-state index contributed by atoms with van der Waals surface area (Å²) in [5.74, 6) is -0.641. The molecule has 0 unspecified atom stereocenters. The second kappa shape index (κ2) is 9.48. The number of amides is 2. The fourth-order valence-electron chi connectivity index (χ4n) is 2.66. The van der Waals surface area contributed by atoms with Gasteiger partial charge in [0.05, 0.1) is 11.4 Å². The van der Waals surface area contributed by atoms with Crippen LogP contribution in [-0.2, 0) is 19.6 Å². The minimum atomic E-state index is -3.85. The van der Waals surface area contributed by atoms with Crippen molar-refractivity contribution in [2.24, 2.45) is 0 Å². The lowest BCUT2D eigenvalue weighted by Gasteiger charge is -2.21. The zero-order valence-corrected chi connectivity index (χ0v) is 17.0. The zero-order valence-electron chi connectivity index (χ0n) is 16.2. The quantitative estimate of drug-likeness (QED) is 0.708. The summed E-state index contributed by atoms with van der Waals surface area (Å²) in [4.78, 5) is 23.6. The molecular formula is C20H25N3O4S. The normalized spacial score (nSPS) is 11.3. The lowest BCUT2D eigenvalue weighted by Crippen LogP contribution is -2.38. The molecule has 2 N–H and O–H groups in total. The predicted octanol–water partition coefficient (Wildman–Crippen LogP) is 2.99. The molecule has 2 aromatic carbocycles. The van der Waals surface area contributed by atoms with Gasteiger partial charge < -0.3 is 10.6 Å². The fourth-order valence-corrected chi connectivity index (χ4v) is 4.15. The highest BCUT2D eigenvalue weighted by Crippen LogP contribution is 2.19. The Morgan fingerprint density at radius 3 is 2.21 bits per heavy atom. The van der Waals surface area contributed by atoms with Crippen LogP contribution in [0.2, 0.25) is 0 Å². The van der Waals surface area contributed by atoms with Crippen molar-refractivity contribution in [2.45, 2.75) is 32.1 Å². The highest BCUT2D eigenvalue weighted by molar-refractivity contribution is 7.89. The molecule has 0 aliphatic heterocycles. The molecule has 0 heterocycles. The van der Waals surface area contributed by atoms with Crippen LogP contribution in [0.3, 0.4) is 0 Å². The van der Waals surface area contributed by atoms with Gasteiger partial charge in [-0.2, -0.15) is 4.31 Å². The molecule has 2 aromatic rings. The Bertz CT molecular complexity index is 940. The predicted molar refractivity (Wildman–Crippen MR) is 110 cm³/mol. The van der Waals surface area contributed by atoms with Crippen molar-refractivity contribution in [3.63, 3.8) is 0 Å². The molecular weight excluding hydrogens is 378 g/mol. The minimum absolute atomic E-state index is 0.0683. The Kier molecular flexibility index (Phi) is 7.31. The Morgan fingerprint density at radius 1 is 1.00 bits per heavy atom. The first-order valence-electron chi connectivity index (χ1n) is 8.97. The Morgan fingerprint density at radius 2 is 1.64 bits per heavy atom. The zero-order chi connectivity index (χ0) is 20.7. The molecule has 2 rings (SSSR count). The van der Waals surface area contributed by atoms with E-state index in [0.29, 0.717) is 17.8 Å². The molecule has 0 radical (unpaired) electrons. The van der Waals surface area contributed by atoms with Crippen molar-refractivity contribution in [1.82, 2.24) is 4.31 Å². The van der Waals surface area contributed by atoms with E-state index in [1.807, 2.05) is 26.0 Å². The maximum atomic E-state index is 13.0. The van der Waals surface area contributed by atoms with Gasteiger partial charge in [0.15, 0.2) is 0 Å². The summed E-state index contributed by atoms with van der Waals surface area (Å²) in [5.41, 5.74) is 2.06. The molecule has 0 bridgehead atoms. The first-order valence-corrected chi connectivity index (χ1v) is 10.4. The van der Waals surface area contributed by atoms with E-state index in [2.05, 4.69) is 10.6 Å². The number of carbonyl (C=O) groups excluding carboxylic acids is 2. The number of hydrogen-bond donors (Lipinski definition) is 2. The van der Waals surface area contributed by atoms with Gasteiger partial charge in [0.1, 0.15) is 0 Å². The van der Waals surface area contributed by atoms with Gasteiger partial charge in [-0.25, -0.2) is 8.42 Å². The number of sulfonamides is 1. The van der Waals surface area contributed by atoms with Crippen LogP contribution in [0.15, 0.2) is 53.4 Å². The van der Waals surface area contributed by atoms with Gasteiger partial charge in [0.2, 0.25) is 21.8 Å². The highest BCUT2D eigenvalue weighted by Gasteiger charge is 2.26. The number of hydrogen-bond acceptors (Lipinski definition) is 4. The number of benzene rings is 2. The van der Waals surface area contributed by atoms with Gasteiger partial charge in [-0.05, 0) is 49.2 Å². The topological polar surface area (TPSA) is 95.6 Å². The van der Waals surface area contributed by atoms with E-state index in [-0.39, 0.29) is 23.9 Å². The fraction of sp³-hybridized carbons (Fsp3) is 0.300. The standard InChI is InChI=1S/C20H25N3O4S/c1-4-13-23(14-20(25)22-19-8-6-5-7-15(19)2)28(26,27)18-11-9-17(10-12-18)21-16(3)24/h5-12H,4,13-14H2,1-3H3,(H,21,24)(H,22,25). The number of aryl methyl sites for hydroxylation is 1. The summed E-state index contributed by atoms with van der Waals surface area (Å²) < 4.78 is 27.1. The molecule has 0 spiro atoms. The summed E-state index contributed by atoms with van der Waals surface area (Å²) in [6, 6.07) is 13.2. The average molecular weight is 404 g/mol. The van der Waals surface area contributed by atoms with Gasteiger partial charge in [-0.1, -0.05) is 25.1 Å². The van der Waals surface area contributed by atoms with Crippen molar-refractivity contribution in [3.8, 4) is 0 Å². The van der Waals surface area contributed by atoms with Crippen LogP contribution in [0.4, 0.5) is 11.4 Å². The SMILES string of the molecule is CCCN(CC(=O)Nc1ccccc1C)S(=O)(=O)c1ccc(NC(C)=O)cc1. The second-order valence-electron chi connectivity index (χ2n) is 6.41. The Labute approximate surface area is 165 Å². The van der Waals surface area contributed by atoms with Crippen molar-refractivity contribution < 1.29 is 18.0 Å². The molecule has 28 heavy (non-hydrogen) atoms. The maximum absolute atomic E-state index is 13.0. The van der Waals surface area contributed by atoms with Crippen molar-refractivity contribution in [1.29, 1.82) is 0 Å². The molecule has 2 amide bonds. The third kappa shape index (κ3) is 5.64. The van der Waals surface area contributed by atoms with Crippen LogP contribution < -0.4 is 10.6 Å². The van der Waals surface area contributed by atoms with Gasteiger partial charge in [-0.3, -0.25) is 9.59 Å². The van der Waals surface area contributed by atoms with Gasteiger partial charge >= 0.3 is 0 Å². The number of carbonyl (C=O) groups is 2. The molecule has 0 aliphatic carbocycles. The lowest BCUT2D eigenvalue weighted by molar-refractivity contribution is -0.116. The van der Waals surface area contributed by atoms with E-state index < -0.39 is 15.9 Å². The van der Waals surface area contributed by atoms with Crippen molar-refractivity contribution >= 4 is 33.2 Å². The van der Waals surface area contributed by atoms with E-state index in [0.717, 1.165) is 9.87 Å². The molecule has 150 valence electrons. The second-order valence-corrected chi connectivity index (χ2v) is 8.35. The number of nitrogens with one attached hydrogen (secondary N) is 2. The first kappa shape index (κ1) is 21.6. The summed E-state index contributed by atoms with van der Waals surface area (Å²) >= 11 is 0. The summed E-state index contributed by atoms with van der Waals surface area (Å²) in [6.07, 6.45) is 0.570. The van der Waals surface area contributed by atoms with E-state index in [1.165, 1.54) is 31.2 Å². The van der Waals surface area contributed by atoms with E-state index in [4.69, 9.17) is 0 Å².